The number of hydrogen-bond acceptors (Lipinski definition) is 7. The number of anilines is 1. The molecule has 1 aromatic carbocycles. The molecule has 0 saturated heterocycles. The van der Waals surface area contributed by atoms with Gasteiger partial charge in [0.25, 0.3) is 0 Å². The number of amides is 1. The molecule has 5 rings (SSSR count). The third kappa shape index (κ3) is 2.77. The largest absolute Gasteiger partial charge is 0.492 e. The summed E-state index contributed by atoms with van der Waals surface area (Å²) in [7, 11) is 3.11. The summed E-state index contributed by atoms with van der Waals surface area (Å²) in [5, 5.41) is 7.40. The Hall–Kier alpha value is -3.62. The molecule has 3 aromatic rings. The van der Waals surface area contributed by atoms with Gasteiger partial charge in [0.1, 0.15) is 18.1 Å². The Kier molecular flexibility index (Phi) is 4.08. The summed E-state index contributed by atoms with van der Waals surface area (Å²) in [6.45, 7) is 0.521. The molecule has 0 saturated carbocycles. The molecule has 0 radical (unpaired) electrons. The van der Waals surface area contributed by atoms with E-state index in [1.54, 1.807) is 31.4 Å². The Morgan fingerprint density at radius 3 is 2.86 bits per heavy atom. The molecule has 2 aromatic heterocycles. The van der Waals surface area contributed by atoms with Crippen LogP contribution in [0.15, 0.2) is 35.1 Å². The summed E-state index contributed by atoms with van der Waals surface area (Å²) in [4.78, 5) is 12.5. The van der Waals surface area contributed by atoms with Crippen molar-refractivity contribution in [2.45, 2.75) is 18.9 Å². The van der Waals surface area contributed by atoms with Gasteiger partial charge in [-0.1, -0.05) is 0 Å². The summed E-state index contributed by atoms with van der Waals surface area (Å²) in [5.41, 5.74) is 1.66. The van der Waals surface area contributed by atoms with E-state index in [0.29, 0.717) is 35.4 Å². The van der Waals surface area contributed by atoms with Gasteiger partial charge in [0.05, 0.1) is 26.7 Å². The first-order chi connectivity index (χ1) is 14.2. The van der Waals surface area contributed by atoms with Crippen LogP contribution in [0.2, 0.25) is 0 Å². The average Bonchev–Trinajstić information content (AvgIpc) is 3.47. The minimum Gasteiger partial charge on any atom is -0.492 e. The first-order valence-electron chi connectivity index (χ1n) is 9.12. The fourth-order valence-corrected chi connectivity index (χ4v) is 3.89. The van der Waals surface area contributed by atoms with Crippen LogP contribution < -0.4 is 24.3 Å². The number of furan rings is 1. The van der Waals surface area contributed by atoms with E-state index in [0.717, 1.165) is 16.9 Å². The lowest BCUT2D eigenvalue weighted by molar-refractivity contribution is -0.116. The maximum Gasteiger partial charge on any atom is 0.231 e. The Morgan fingerprint density at radius 1 is 1.24 bits per heavy atom. The molecule has 9 heteroatoms. The number of hydrogen-bond donors (Lipinski definition) is 1. The fourth-order valence-electron chi connectivity index (χ4n) is 3.89. The van der Waals surface area contributed by atoms with Crippen LogP contribution in [-0.4, -0.2) is 36.7 Å². The fraction of sp³-hybridized carbons (Fsp3) is 0.300. The highest BCUT2D eigenvalue weighted by Gasteiger charge is 2.36. The Bertz CT molecular complexity index is 1070. The van der Waals surface area contributed by atoms with Crippen LogP contribution in [0.4, 0.5) is 5.82 Å². The van der Waals surface area contributed by atoms with Gasteiger partial charge in [-0.15, -0.1) is 0 Å². The Balaban J connectivity index is 1.62. The molecule has 2 aliphatic heterocycles. The molecule has 4 heterocycles. The predicted octanol–water partition coefficient (Wildman–Crippen LogP) is 2.74. The van der Waals surface area contributed by atoms with E-state index in [4.69, 9.17) is 23.4 Å². The van der Waals surface area contributed by atoms with E-state index in [-0.39, 0.29) is 25.0 Å². The van der Waals surface area contributed by atoms with Gasteiger partial charge in [-0.25, -0.2) is 4.68 Å². The second kappa shape index (κ2) is 6.77. The molecule has 9 nitrogen and oxygen atoms in total. The number of fused-ring (bicyclic) bond motifs is 2. The summed E-state index contributed by atoms with van der Waals surface area (Å²) < 4.78 is 29.4. The summed E-state index contributed by atoms with van der Waals surface area (Å²) >= 11 is 0. The van der Waals surface area contributed by atoms with Crippen LogP contribution in [0, 0.1) is 0 Å². The predicted molar refractivity (Wildman–Crippen MR) is 101 cm³/mol. The van der Waals surface area contributed by atoms with Crippen molar-refractivity contribution < 1.29 is 28.2 Å². The zero-order valence-corrected chi connectivity index (χ0v) is 15.9. The van der Waals surface area contributed by atoms with Crippen LogP contribution >= 0.6 is 0 Å². The van der Waals surface area contributed by atoms with E-state index in [1.165, 1.54) is 0 Å². The molecule has 2 aliphatic rings. The lowest BCUT2D eigenvalue weighted by atomic mass is 9.86. The summed E-state index contributed by atoms with van der Waals surface area (Å²) in [6.07, 6.45) is 3.62. The lowest BCUT2D eigenvalue weighted by Gasteiger charge is -2.26. The Morgan fingerprint density at radius 2 is 2.10 bits per heavy atom. The van der Waals surface area contributed by atoms with Gasteiger partial charge in [0, 0.05) is 23.5 Å². The third-order valence-corrected chi connectivity index (χ3v) is 5.16. The number of benzene rings is 1. The first-order valence-corrected chi connectivity index (χ1v) is 9.12. The average molecular weight is 397 g/mol. The molecule has 0 unspecified atom stereocenters. The van der Waals surface area contributed by atoms with E-state index in [1.807, 2.05) is 18.2 Å². The van der Waals surface area contributed by atoms with Crippen LogP contribution in [0.3, 0.4) is 0 Å². The highest BCUT2D eigenvalue weighted by atomic mass is 16.7. The van der Waals surface area contributed by atoms with Gasteiger partial charge in [0.2, 0.25) is 24.2 Å². The van der Waals surface area contributed by atoms with Crippen molar-refractivity contribution in [3.05, 3.63) is 47.5 Å². The van der Waals surface area contributed by atoms with Gasteiger partial charge in [-0.3, -0.25) is 4.79 Å². The first kappa shape index (κ1) is 17.5. The van der Waals surface area contributed by atoms with Crippen molar-refractivity contribution in [1.82, 2.24) is 9.78 Å². The van der Waals surface area contributed by atoms with E-state index in [9.17, 15) is 4.79 Å². The lowest BCUT2D eigenvalue weighted by Crippen LogP contribution is -2.25. The van der Waals surface area contributed by atoms with Crippen LogP contribution in [0.1, 0.15) is 29.2 Å². The number of carbonyl (C=O) groups excluding carboxylic acids is 1. The van der Waals surface area contributed by atoms with Crippen LogP contribution in [0.25, 0.3) is 0 Å². The second-order valence-electron chi connectivity index (χ2n) is 6.76. The van der Waals surface area contributed by atoms with Crippen LogP contribution in [0.5, 0.6) is 23.0 Å². The summed E-state index contributed by atoms with van der Waals surface area (Å²) in [5.74, 6) is 3.03. The molecular weight excluding hydrogens is 378 g/mol. The minimum absolute atomic E-state index is 0.107. The molecule has 1 amide bonds. The van der Waals surface area contributed by atoms with Crippen molar-refractivity contribution in [2.75, 3.05) is 26.3 Å². The third-order valence-electron chi connectivity index (χ3n) is 5.16. The molecule has 1 atom stereocenters. The molecular formula is C20H19N3O6. The number of rotatable bonds is 5. The topological polar surface area (TPSA) is 97.0 Å². The Labute approximate surface area is 166 Å². The van der Waals surface area contributed by atoms with Gasteiger partial charge < -0.3 is 28.7 Å². The number of aromatic nitrogens is 2. The molecule has 29 heavy (non-hydrogen) atoms. The van der Waals surface area contributed by atoms with Crippen molar-refractivity contribution in [1.29, 1.82) is 0 Å². The van der Waals surface area contributed by atoms with E-state index in [2.05, 4.69) is 10.4 Å². The molecule has 0 aliphatic carbocycles. The van der Waals surface area contributed by atoms with Gasteiger partial charge in [0.15, 0.2) is 11.5 Å². The normalized spacial score (nSPS) is 17.0. The van der Waals surface area contributed by atoms with Crippen molar-refractivity contribution in [2.24, 2.45) is 0 Å². The number of ether oxygens (including phenoxy) is 4. The van der Waals surface area contributed by atoms with Crippen molar-refractivity contribution in [3.63, 3.8) is 0 Å². The van der Waals surface area contributed by atoms with E-state index < -0.39 is 0 Å². The zero-order chi connectivity index (χ0) is 20.0. The smallest absolute Gasteiger partial charge is 0.231 e. The second-order valence-corrected chi connectivity index (χ2v) is 6.76. The number of carbonyl (C=O) groups is 1. The van der Waals surface area contributed by atoms with Gasteiger partial charge >= 0.3 is 0 Å². The van der Waals surface area contributed by atoms with Gasteiger partial charge in [-0.2, -0.15) is 5.10 Å². The zero-order valence-electron chi connectivity index (χ0n) is 15.9. The quantitative estimate of drug-likeness (QED) is 0.707. The van der Waals surface area contributed by atoms with Gasteiger partial charge in [-0.05, 0) is 18.2 Å². The minimum atomic E-state index is -0.276. The summed E-state index contributed by atoms with van der Waals surface area (Å²) in [6, 6.07) is 5.53. The molecule has 0 bridgehead atoms. The maximum absolute atomic E-state index is 12.5. The van der Waals surface area contributed by atoms with Crippen molar-refractivity contribution >= 4 is 11.7 Å². The molecule has 150 valence electrons. The van der Waals surface area contributed by atoms with Crippen molar-refractivity contribution in [3.8, 4) is 23.0 Å². The molecule has 0 fully saturated rings. The molecule has 1 N–H and O–H groups in total. The highest BCUT2D eigenvalue weighted by molar-refractivity contribution is 5.94. The van der Waals surface area contributed by atoms with Crippen LogP contribution in [-0.2, 0) is 11.3 Å². The van der Waals surface area contributed by atoms with E-state index >= 15 is 0 Å². The number of nitrogens with one attached hydrogen (secondary N) is 1. The monoisotopic (exact) mass is 397 g/mol. The number of methoxy groups -OCH3 is 2. The SMILES string of the molecule is COc1c([C@H]2CC(=O)Nc3c2cnn3Cc2ccco2)cc2c(c1OC)OCO2. The standard InChI is InChI=1S/C20H19N3O6/c1-25-17-13(6-15-18(19(17)26-2)29-10-28-15)12-7-16(24)22-20-14(12)8-21-23(20)9-11-4-3-5-27-11/h3-6,8,12H,7,9-10H2,1-2H3,(H,22,24)/t12-/m1/s1. The molecule has 0 spiro atoms. The maximum atomic E-state index is 12.5. The number of nitrogens with zero attached hydrogens (tertiary/aromatic N) is 2. The highest BCUT2D eigenvalue weighted by Crippen LogP contribution is 2.53.